The summed E-state index contributed by atoms with van der Waals surface area (Å²) in [5, 5.41) is 9.38. The predicted molar refractivity (Wildman–Crippen MR) is 71.0 cm³/mol. The van der Waals surface area contributed by atoms with Crippen molar-refractivity contribution in [1.29, 1.82) is 0 Å². The molecule has 0 radical (unpaired) electrons. The summed E-state index contributed by atoms with van der Waals surface area (Å²) in [5.74, 6) is -0.0566. The predicted octanol–water partition coefficient (Wildman–Crippen LogP) is 0.539. The summed E-state index contributed by atoms with van der Waals surface area (Å²) in [5.41, 5.74) is 5.71. The van der Waals surface area contributed by atoms with Crippen LogP contribution in [0.5, 0.6) is 0 Å². The molecule has 0 aliphatic carbocycles. The van der Waals surface area contributed by atoms with Gasteiger partial charge in [-0.1, -0.05) is 11.6 Å². The first-order chi connectivity index (χ1) is 9.02. The maximum atomic E-state index is 12.4. The van der Waals surface area contributed by atoms with E-state index in [1.54, 1.807) is 17.0 Å². The Morgan fingerprint density at radius 1 is 1.68 bits per heavy atom. The normalized spacial score (nSPS) is 23.4. The van der Waals surface area contributed by atoms with Crippen molar-refractivity contribution in [2.24, 2.45) is 0 Å². The number of hydrogen-bond acceptors (Lipinski definition) is 5. The second-order valence-electron chi connectivity index (χ2n) is 4.51. The van der Waals surface area contributed by atoms with Crippen molar-refractivity contribution in [3.63, 3.8) is 0 Å². The van der Waals surface area contributed by atoms with Gasteiger partial charge in [-0.2, -0.15) is 0 Å². The largest absolute Gasteiger partial charge is 0.394 e. The van der Waals surface area contributed by atoms with Gasteiger partial charge in [-0.15, -0.1) is 0 Å². The number of pyridine rings is 1. The number of nitrogens with zero attached hydrogens (tertiary/aromatic N) is 2. The van der Waals surface area contributed by atoms with Crippen LogP contribution in [0.25, 0.3) is 0 Å². The second kappa shape index (κ2) is 5.73. The van der Waals surface area contributed by atoms with Crippen LogP contribution in [0.2, 0.25) is 5.02 Å². The number of rotatable bonds is 2. The molecule has 2 heterocycles. The smallest absolute Gasteiger partial charge is 0.274 e. The monoisotopic (exact) mass is 285 g/mol. The Hall–Kier alpha value is -1.37. The summed E-state index contributed by atoms with van der Waals surface area (Å²) in [7, 11) is 0. The van der Waals surface area contributed by atoms with Crippen molar-refractivity contribution in [3.8, 4) is 0 Å². The molecule has 1 aromatic rings. The van der Waals surface area contributed by atoms with E-state index in [-0.39, 0.29) is 41.2 Å². The molecule has 6 nitrogen and oxygen atoms in total. The Morgan fingerprint density at radius 2 is 2.42 bits per heavy atom. The molecule has 1 aliphatic heterocycles. The van der Waals surface area contributed by atoms with E-state index in [9.17, 15) is 4.79 Å². The molecule has 2 rings (SSSR count). The lowest BCUT2D eigenvalue weighted by Crippen LogP contribution is -2.52. The zero-order valence-electron chi connectivity index (χ0n) is 10.5. The zero-order chi connectivity index (χ0) is 14.0. The van der Waals surface area contributed by atoms with Crippen molar-refractivity contribution < 1.29 is 14.6 Å². The van der Waals surface area contributed by atoms with Gasteiger partial charge in [0, 0.05) is 6.54 Å². The van der Waals surface area contributed by atoms with E-state index >= 15 is 0 Å². The Kier molecular flexibility index (Phi) is 4.24. The molecule has 2 unspecified atom stereocenters. The number of nitrogens with two attached hydrogens (primary N) is 1. The molecule has 0 saturated carbocycles. The van der Waals surface area contributed by atoms with Crippen LogP contribution in [0.4, 0.5) is 5.82 Å². The molecule has 0 bridgehead atoms. The van der Waals surface area contributed by atoms with Gasteiger partial charge in [-0.25, -0.2) is 4.98 Å². The third-order valence-corrected chi connectivity index (χ3v) is 3.35. The summed E-state index contributed by atoms with van der Waals surface area (Å²) in [4.78, 5) is 18.0. The van der Waals surface area contributed by atoms with E-state index < -0.39 is 0 Å². The minimum atomic E-state index is -0.375. The molecule has 0 spiro atoms. The highest BCUT2D eigenvalue weighted by Crippen LogP contribution is 2.20. The molecule has 1 fully saturated rings. The standard InChI is InChI=1S/C12H16ClN3O3/c1-7-6-19-8(5-17)4-16(7)12(18)11-9(13)2-3-10(14)15-11/h2-3,7-8,17H,4-6H2,1H3,(H2,14,15). The van der Waals surface area contributed by atoms with E-state index in [0.717, 1.165) is 0 Å². The maximum Gasteiger partial charge on any atom is 0.274 e. The molecule has 1 amide bonds. The summed E-state index contributed by atoms with van der Waals surface area (Å²) in [6, 6.07) is 2.99. The first kappa shape index (κ1) is 14.0. The third kappa shape index (κ3) is 2.97. The molecule has 19 heavy (non-hydrogen) atoms. The lowest BCUT2D eigenvalue weighted by atomic mass is 10.1. The van der Waals surface area contributed by atoms with Gasteiger partial charge in [0.2, 0.25) is 0 Å². The van der Waals surface area contributed by atoms with E-state index in [2.05, 4.69) is 4.98 Å². The van der Waals surface area contributed by atoms with Crippen LogP contribution in [0.3, 0.4) is 0 Å². The minimum absolute atomic E-state index is 0.102. The van der Waals surface area contributed by atoms with Crippen LogP contribution in [-0.2, 0) is 4.74 Å². The van der Waals surface area contributed by atoms with Gasteiger partial charge in [0.15, 0.2) is 0 Å². The Balaban J connectivity index is 2.24. The van der Waals surface area contributed by atoms with Crippen LogP contribution >= 0.6 is 11.6 Å². The van der Waals surface area contributed by atoms with Crippen molar-refractivity contribution in [3.05, 3.63) is 22.8 Å². The van der Waals surface area contributed by atoms with Gasteiger partial charge in [0.25, 0.3) is 5.91 Å². The Bertz CT molecular complexity index is 483. The number of hydrogen-bond donors (Lipinski definition) is 2. The first-order valence-electron chi connectivity index (χ1n) is 5.98. The van der Waals surface area contributed by atoms with Gasteiger partial charge >= 0.3 is 0 Å². The van der Waals surface area contributed by atoms with Crippen LogP contribution in [0.1, 0.15) is 17.4 Å². The zero-order valence-corrected chi connectivity index (χ0v) is 11.3. The molecule has 1 saturated heterocycles. The number of anilines is 1. The average molecular weight is 286 g/mol. The molecular weight excluding hydrogens is 270 g/mol. The summed E-state index contributed by atoms with van der Waals surface area (Å²) < 4.78 is 5.39. The number of amides is 1. The SMILES string of the molecule is CC1COC(CO)CN1C(=O)c1nc(N)ccc1Cl. The molecule has 3 N–H and O–H groups in total. The fourth-order valence-electron chi connectivity index (χ4n) is 1.95. The third-order valence-electron chi connectivity index (χ3n) is 3.04. The average Bonchev–Trinajstić information content (AvgIpc) is 2.41. The van der Waals surface area contributed by atoms with Crippen molar-refractivity contribution in [1.82, 2.24) is 9.88 Å². The van der Waals surface area contributed by atoms with Gasteiger partial charge < -0.3 is 20.5 Å². The van der Waals surface area contributed by atoms with Crippen LogP contribution in [0.15, 0.2) is 12.1 Å². The molecule has 7 heteroatoms. The number of morpholine rings is 1. The highest BCUT2D eigenvalue weighted by atomic mass is 35.5. The van der Waals surface area contributed by atoms with Crippen LogP contribution in [0, 0.1) is 0 Å². The topological polar surface area (TPSA) is 88.7 Å². The van der Waals surface area contributed by atoms with Crippen molar-refractivity contribution in [2.45, 2.75) is 19.1 Å². The number of carbonyl (C=O) groups is 1. The number of ether oxygens (including phenoxy) is 1. The van der Waals surface area contributed by atoms with Gasteiger partial charge in [-0.3, -0.25) is 4.79 Å². The molecule has 1 aromatic heterocycles. The number of halogens is 1. The van der Waals surface area contributed by atoms with E-state index in [1.807, 2.05) is 6.92 Å². The fourth-order valence-corrected chi connectivity index (χ4v) is 2.14. The number of aliphatic hydroxyl groups is 1. The molecule has 2 atom stereocenters. The molecule has 104 valence electrons. The number of carbonyl (C=O) groups excluding carboxylic acids is 1. The van der Waals surface area contributed by atoms with Gasteiger partial charge in [0.05, 0.1) is 30.4 Å². The van der Waals surface area contributed by atoms with Crippen LogP contribution in [-0.4, -0.2) is 52.8 Å². The Morgan fingerprint density at radius 3 is 3.11 bits per heavy atom. The number of nitrogen functional groups attached to an aromatic ring is 1. The van der Waals surface area contributed by atoms with Crippen LogP contribution < -0.4 is 5.73 Å². The minimum Gasteiger partial charge on any atom is -0.394 e. The van der Waals surface area contributed by atoms with E-state index in [0.29, 0.717) is 13.2 Å². The molecular formula is C12H16ClN3O3. The highest BCUT2D eigenvalue weighted by molar-refractivity contribution is 6.33. The van der Waals surface area contributed by atoms with Gasteiger partial charge in [0.1, 0.15) is 11.5 Å². The maximum absolute atomic E-state index is 12.4. The first-order valence-corrected chi connectivity index (χ1v) is 6.36. The van der Waals surface area contributed by atoms with Crippen molar-refractivity contribution in [2.75, 3.05) is 25.5 Å². The van der Waals surface area contributed by atoms with E-state index in [4.69, 9.17) is 27.2 Å². The lowest BCUT2D eigenvalue weighted by molar-refractivity contribution is -0.0668. The summed E-state index contributed by atoms with van der Waals surface area (Å²) in [6.45, 7) is 2.42. The number of aromatic nitrogens is 1. The lowest BCUT2D eigenvalue weighted by Gasteiger charge is -2.37. The second-order valence-corrected chi connectivity index (χ2v) is 4.92. The van der Waals surface area contributed by atoms with E-state index in [1.165, 1.54) is 0 Å². The Labute approximate surface area is 116 Å². The summed E-state index contributed by atoms with van der Waals surface area (Å²) >= 11 is 5.98. The highest BCUT2D eigenvalue weighted by Gasteiger charge is 2.31. The van der Waals surface area contributed by atoms with Gasteiger partial charge in [-0.05, 0) is 19.1 Å². The quantitative estimate of drug-likeness (QED) is 0.828. The van der Waals surface area contributed by atoms with Crippen molar-refractivity contribution >= 4 is 23.3 Å². The number of aliphatic hydroxyl groups excluding tert-OH is 1. The molecule has 0 aromatic carbocycles. The fraction of sp³-hybridized carbons (Fsp3) is 0.500. The summed E-state index contributed by atoms with van der Waals surface area (Å²) in [6.07, 6.45) is -0.375. The molecule has 1 aliphatic rings.